The smallest absolute Gasteiger partial charge is 0.409 e. The first kappa shape index (κ1) is 25.1. The number of aromatic amines is 1. The number of hydrogen-bond donors (Lipinski definition) is 3. The maximum atomic E-state index is 13.3. The largest absolute Gasteiger partial charge is 0.453 e. The lowest BCUT2D eigenvalue weighted by Gasteiger charge is -2.19. The Morgan fingerprint density at radius 3 is 2.58 bits per heavy atom. The number of halogens is 1. The van der Waals surface area contributed by atoms with Crippen LogP contribution >= 0.6 is 11.6 Å². The summed E-state index contributed by atoms with van der Waals surface area (Å²) in [6.45, 7) is 0.190. The number of carbonyl (C=O) groups excluding carboxylic acids is 3. The summed E-state index contributed by atoms with van der Waals surface area (Å²) >= 11 is 6.13. The van der Waals surface area contributed by atoms with E-state index in [1.165, 1.54) is 22.6 Å². The Hall–Kier alpha value is -4.57. The van der Waals surface area contributed by atoms with Crippen molar-refractivity contribution in [3.05, 3.63) is 94.0 Å². The van der Waals surface area contributed by atoms with Crippen LogP contribution in [0.25, 0.3) is 16.6 Å². The monoisotopic (exact) mass is 533 g/mol. The minimum Gasteiger partial charge on any atom is -0.453 e. The van der Waals surface area contributed by atoms with Crippen molar-refractivity contribution in [3.63, 3.8) is 0 Å². The second-order valence-corrected chi connectivity index (χ2v) is 9.31. The quantitative estimate of drug-likeness (QED) is 0.362. The molecule has 5 rings (SSSR count). The average molecular weight is 534 g/mol. The van der Waals surface area contributed by atoms with Crippen LogP contribution in [-0.2, 0) is 9.53 Å². The Kier molecular flexibility index (Phi) is 6.89. The molecule has 0 spiro atoms. The predicted octanol–water partition coefficient (Wildman–Crippen LogP) is 3.41. The van der Waals surface area contributed by atoms with Crippen molar-refractivity contribution in [1.82, 2.24) is 19.8 Å². The Balaban J connectivity index is 1.32. The molecule has 3 N–H and O–H groups in total. The molecular weight excluding hydrogens is 510 g/mol. The summed E-state index contributed by atoms with van der Waals surface area (Å²) in [7, 11) is 1.26. The molecule has 38 heavy (non-hydrogen) atoms. The molecule has 2 aromatic heterocycles. The average Bonchev–Trinajstić information content (AvgIpc) is 3.52. The van der Waals surface area contributed by atoms with Crippen LogP contribution in [0.1, 0.15) is 10.4 Å². The first-order valence-corrected chi connectivity index (χ1v) is 12.2. The number of methoxy groups -OCH3 is 1. The summed E-state index contributed by atoms with van der Waals surface area (Å²) < 4.78 is 6.32. The summed E-state index contributed by atoms with van der Waals surface area (Å²) in [5, 5.41) is 7.09. The molecule has 1 aliphatic heterocycles. The van der Waals surface area contributed by atoms with Gasteiger partial charge in [0.1, 0.15) is 0 Å². The Bertz CT molecular complexity index is 1580. The van der Waals surface area contributed by atoms with Crippen LogP contribution in [0.3, 0.4) is 0 Å². The van der Waals surface area contributed by atoms with E-state index in [9.17, 15) is 19.2 Å². The predicted molar refractivity (Wildman–Crippen MR) is 143 cm³/mol. The number of aromatic nitrogens is 2. The number of amides is 3. The molecule has 0 aliphatic carbocycles. The van der Waals surface area contributed by atoms with E-state index in [4.69, 9.17) is 16.3 Å². The highest BCUT2D eigenvalue weighted by Gasteiger charge is 2.41. The number of nitrogens with one attached hydrogen (secondary N) is 3. The standard InChI is InChI=1S/C27H24ClN5O5/c1-38-27(37)32-14-20(23(15-32)31-25(35)16-5-10-19-21(28)13-29-22(19)12-16)26(36)30-17-6-8-18(9-7-17)33-11-3-2-4-24(33)34/h2-13,20,23,29H,14-15H2,1H3,(H,30,36)(H,31,35)/t20-,23-/m0/s1. The number of likely N-dealkylation sites (tertiary alicyclic amines) is 1. The molecule has 0 radical (unpaired) electrons. The highest BCUT2D eigenvalue weighted by Crippen LogP contribution is 2.25. The molecule has 0 unspecified atom stereocenters. The topological polar surface area (TPSA) is 126 Å². The molecule has 10 nitrogen and oxygen atoms in total. The second-order valence-electron chi connectivity index (χ2n) is 8.90. The third kappa shape index (κ3) is 4.98. The number of fused-ring (bicyclic) bond motifs is 1. The van der Waals surface area contributed by atoms with Crippen molar-refractivity contribution < 1.29 is 19.1 Å². The van der Waals surface area contributed by atoms with Gasteiger partial charge in [0.2, 0.25) is 5.91 Å². The zero-order chi connectivity index (χ0) is 26.8. The van der Waals surface area contributed by atoms with E-state index in [0.29, 0.717) is 27.5 Å². The fraction of sp³-hybridized carbons (Fsp3) is 0.185. The van der Waals surface area contributed by atoms with Gasteiger partial charge in [0.05, 0.1) is 24.1 Å². The summed E-state index contributed by atoms with van der Waals surface area (Å²) in [6.07, 6.45) is 2.72. The zero-order valence-corrected chi connectivity index (χ0v) is 21.1. The van der Waals surface area contributed by atoms with Crippen molar-refractivity contribution in [1.29, 1.82) is 0 Å². The van der Waals surface area contributed by atoms with Gasteiger partial charge in [-0.15, -0.1) is 0 Å². The van der Waals surface area contributed by atoms with Gasteiger partial charge in [-0.25, -0.2) is 4.79 Å². The number of rotatable bonds is 5. The molecule has 4 aromatic rings. The zero-order valence-electron chi connectivity index (χ0n) is 20.3. The lowest BCUT2D eigenvalue weighted by molar-refractivity contribution is -0.119. The number of benzene rings is 2. The van der Waals surface area contributed by atoms with E-state index in [0.717, 1.165) is 5.39 Å². The summed E-state index contributed by atoms with van der Waals surface area (Å²) in [4.78, 5) is 55.0. The molecule has 0 saturated carbocycles. The fourth-order valence-corrected chi connectivity index (χ4v) is 4.78. The van der Waals surface area contributed by atoms with E-state index in [-0.39, 0.29) is 30.5 Å². The van der Waals surface area contributed by atoms with Crippen LogP contribution in [-0.4, -0.2) is 58.6 Å². The van der Waals surface area contributed by atoms with Gasteiger partial charge in [0.15, 0.2) is 0 Å². The van der Waals surface area contributed by atoms with Gasteiger partial charge in [-0.1, -0.05) is 23.7 Å². The van der Waals surface area contributed by atoms with Crippen LogP contribution < -0.4 is 16.2 Å². The summed E-state index contributed by atoms with van der Waals surface area (Å²) in [5.41, 5.74) is 2.09. The van der Waals surface area contributed by atoms with Crippen molar-refractivity contribution >= 4 is 46.1 Å². The fourth-order valence-electron chi connectivity index (χ4n) is 4.56. The SMILES string of the molecule is COC(=O)N1C[C@H](NC(=O)c2ccc3c(Cl)c[nH]c3c2)[C@@H](C(=O)Nc2ccc(-n3ccccc3=O)cc2)C1. The molecular formula is C27H24ClN5O5. The van der Waals surface area contributed by atoms with Crippen LogP contribution in [0.5, 0.6) is 0 Å². The van der Waals surface area contributed by atoms with Crippen molar-refractivity contribution in [2.75, 3.05) is 25.5 Å². The third-order valence-corrected chi connectivity index (χ3v) is 6.85. The van der Waals surface area contributed by atoms with Gasteiger partial charge in [0, 0.05) is 59.4 Å². The molecule has 194 valence electrons. The van der Waals surface area contributed by atoms with E-state index in [1.54, 1.807) is 67.0 Å². The molecule has 3 heterocycles. The van der Waals surface area contributed by atoms with Crippen LogP contribution in [0.2, 0.25) is 5.02 Å². The number of ether oxygens (including phenoxy) is 1. The van der Waals surface area contributed by atoms with Crippen molar-refractivity contribution in [3.8, 4) is 5.69 Å². The molecule has 3 amide bonds. The lowest BCUT2D eigenvalue weighted by atomic mass is 10.0. The van der Waals surface area contributed by atoms with Crippen molar-refractivity contribution in [2.45, 2.75) is 6.04 Å². The maximum Gasteiger partial charge on any atom is 0.409 e. The third-order valence-electron chi connectivity index (χ3n) is 6.53. The van der Waals surface area contributed by atoms with Gasteiger partial charge in [0.25, 0.3) is 11.5 Å². The number of anilines is 1. The van der Waals surface area contributed by atoms with Gasteiger partial charge in [-0.3, -0.25) is 19.0 Å². The van der Waals surface area contributed by atoms with E-state index >= 15 is 0 Å². The Morgan fingerprint density at radius 1 is 1.05 bits per heavy atom. The number of hydrogen-bond acceptors (Lipinski definition) is 5. The molecule has 1 aliphatic rings. The molecule has 2 atom stereocenters. The van der Waals surface area contributed by atoms with Gasteiger partial charge in [-0.2, -0.15) is 0 Å². The normalized spacial score (nSPS) is 16.8. The highest BCUT2D eigenvalue weighted by molar-refractivity contribution is 6.35. The minimum atomic E-state index is -0.724. The second kappa shape index (κ2) is 10.4. The molecule has 1 saturated heterocycles. The highest BCUT2D eigenvalue weighted by atomic mass is 35.5. The van der Waals surface area contributed by atoms with E-state index in [2.05, 4.69) is 15.6 Å². The summed E-state index contributed by atoms with van der Waals surface area (Å²) in [6, 6.07) is 16.1. The van der Waals surface area contributed by atoms with Gasteiger partial charge >= 0.3 is 6.09 Å². The number of nitrogens with zero attached hydrogens (tertiary/aromatic N) is 2. The molecule has 2 aromatic carbocycles. The van der Waals surface area contributed by atoms with Crippen LogP contribution in [0.4, 0.5) is 10.5 Å². The first-order chi connectivity index (χ1) is 18.3. The number of H-pyrrole nitrogens is 1. The number of carbonyl (C=O) groups is 3. The number of pyridine rings is 1. The van der Waals surface area contributed by atoms with E-state index < -0.39 is 18.1 Å². The van der Waals surface area contributed by atoms with Crippen molar-refractivity contribution in [2.24, 2.45) is 5.92 Å². The van der Waals surface area contributed by atoms with Crippen LogP contribution in [0, 0.1) is 5.92 Å². The lowest BCUT2D eigenvalue weighted by Crippen LogP contribution is -2.44. The van der Waals surface area contributed by atoms with Gasteiger partial charge < -0.3 is 25.3 Å². The van der Waals surface area contributed by atoms with Gasteiger partial charge in [-0.05, 0) is 42.5 Å². The Labute approximate surface area is 222 Å². The molecule has 11 heteroatoms. The summed E-state index contributed by atoms with van der Waals surface area (Å²) in [5.74, 6) is -1.47. The van der Waals surface area contributed by atoms with Crippen LogP contribution in [0.15, 0.2) is 77.9 Å². The molecule has 1 fully saturated rings. The van der Waals surface area contributed by atoms with E-state index in [1.807, 2.05) is 0 Å². The molecule has 0 bridgehead atoms. The Morgan fingerprint density at radius 2 is 1.84 bits per heavy atom. The minimum absolute atomic E-state index is 0.0756. The maximum absolute atomic E-state index is 13.3. The first-order valence-electron chi connectivity index (χ1n) is 11.8.